The predicted octanol–water partition coefficient (Wildman–Crippen LogP) is 3.44. The van der Waals surface area contributed by atoms with Gasteiger partial charge in [-0.05, 0) is 37.6 Å². The third kappa shape index (κ3) is 3.02. The average molecular weight is 334 g/mol. The minimum atomic E-state index is -0.129. The minimum Gasteiger partial charge on any atom is -0.350 e. The summed E-state index contributed by atoms with van der Waals surface area (Å²) >= 11 is 0. The van der Waals surface area contributed by atoms with Gasteiger partial charge in [-0.25, -0.2) is 4.98 Å². The summed E-state index contributed by atoms with van der Waals surface area (Å²) in [5.74, 6) is 0.934. The summed E-state index contributed by atoms with van der Waals surface area (Å²) in [6.45, 7) is 2.67. The van der Waals surface area contributed by atoms with Gasteiger partial charge in [0.25, 0.3) is 5.91 Å². The third-order valence-electron chi connectivity index (χ3n) is 5.02. The molecule has 0 saturated heterocycles. The molecule has 1 N–H and O–H groups in total. The summed E-state index contributed by atoms with van der Waals surface area (Å²) in [4.78, 5) is 21.3. The van der Waals surface area contributed by atoms with E-state index < -0.39 is 0 Å². The fourth-order valence-corrected chi connectivity index (χ4v) is 3.50. The van der Waals surface area contributed by atoms with Crippen LogP contribution in [0.25, 0.3) is 10.8 Å². The van der Waals surface area contributed by atoms with Crippen molar-refractivity contribution >= 4 is 16.7 Å². The number of carbonyl (C=O) groups excluding carboxylic acids is 1. The van der Waals surface area contributed by atoms with Crippen molar-refractivity contribution in [1.82, 2.24) is 19.9 Å². The van der Waals surface area contributed by atoms with Crippen LogP contribution in [0.15, 0.2) is 42.7 Å². The smallest absolute Gasteiger partial charge is 0.270 e. The van der Waals surface area contributed by atoms with E-state index in [1.54, 1.807) is 6.20 Å². The highest BCUT2D eigenvalue weighted by molar-refractivity contribution is 6.05. The molecule has 1 fully saturated rings. The van der Waals surface area contributed by atoms with Gasteiger partial charge in [0.1, 0.15) is 11.5 Å². The maximum absolute atomic E-state index is 12.5. The highest BCUT2D eigenvalue weighted by Gasteiger charge is 2.23. The van der Waals surface area contributed by atoms with Crippen molar-refractivity contribution < 1.29 is 4.79 Å². The number of carbonyl (C=O) groups is 1. The van der Waals surface area contributed by atoms with Crippen LogP contribution < -0.4 is 5.32 Å². The lowest BCUT2D eigenvalue weighted by molar-refractivity contribution is 0.0950. The number of benzene rings is 1. The zero-order valence-electron chi connectivity index (χ0n) is 14.4. The number of nitrogens with one attached hydrogen (secondary N) is 1. The summed E-state index contributed by atoms with van der Waals surface area (Å²) in [5.41, 5.74) is 1.69. The second kappa shape index (κ2) is 6.67. The SMILES string of the molecule is Cc1cnc(CCNC(=O)c2nccc3ccccc23)n1C1CCC1. The van der Waals surface area contributed by atoms with Crippen molar-refractivity contribution in [2.45, 2.75) is 38.6 Å². The van der Waals surface area contributed by atoms with Gasteiger partial charge in [0.15, 0.2) is 0 Å². The Labute approximate surface area is 147 Å². The molecule has 0 radical (unpaired) electrons. The number of pyridine rings is 1. The highest BCUT2D eigenvalue weighted by atomic mass is 16.1. The molecule has 2 aromatic heterocycles. The van der Waals surface area contributed by atoms with Crippen molar-refractivity contribution in [2.75, 3.05) is 6.54 Å². The normalized spacial score (nSPS) is 14.4. The number of fused-ring (bicyclic) bond motifs is 1. The van der Waals surface area contributed by atoms with Gasteiger partial charge in [0.2, 0.25) is 0 Å². The average Bonchev–Trinajstić information content (AvgIpc) is 2.94. The summed E-state index contributed by atoms with van der Waals surface area (Å²) in [7, 11) is 0. The lowest BCUT2D eigenvalue weighted by Gasteiger charge is -2.29. The van der Waals surface area contributed by atoms with Crippen LogP contribution in [0.2, 0.25) is 0 Å². The molecule has 1 amide bonds. The van der Waals surface area contributed by atoms with E-state index in [1.165, 1.54) is 25.0 Å². The van der Waals surface area contributed by atoms with Crippen LogP contribution in [0.5, 0.6) is 0 Å². The Bertz CT molecular complexity index is 906. The van der Waals surface area contributed by atoms with Crippen molar-refractivity contribution in [3.8, 4) is 0 Å². The molecule has 5 heteroatoms. The maximum atomic E-state index is 12.5. The third-order valence-corrected chi connectivity index (χ3v) is 5.02. The van der Waals surface area contributed by atoms with Crippen LogP contribution in [-0.4, -0.2) is 27.0 Å². The Morgan fingerprint density at radius 2 is 2.08 bits per heavy atom. The van der Waals surface area contributed by atoms with Gasteiger partial charge in [0, 0.05) is 42.5 Å². The van der Waals surface area contributed by atoms with Gasteiger partial charge in [-0.2, -0.15) is 0 Å². The number of aromatic nitrogens is 3. The van der Waals surface area contributed by atoms with E-state index in [1.807, 2.05) is 36.5 Å². The molecule has 1 aromatic carbocycles. The van der Waals surface area contributed by atoms with Gasteiger partial charge in [0.05, 0.1) is 0 Å². The van der Waals surface area contributed by atoms with Crippen molar-refractivity contribution in [2.24, 2.45) is 0 Å². The Balaban J connectivity index is 1.44. The number of rotatable bonds is 5. The molecular weight excluding hydrogens is 312 g/mol. The van der Waals surface area contributed by atoms with Crippen LogP contribution in [0, 0.1) is 6.92 Å². The van der Waals surface area contributed by atoms with Crippen molar-refractivity contribution in [3.63, 3.8) is 0 Å². The molecule has 0 aliphatic heterocycles. The van der Waals surface area contributed by atoms with E-state index in [0.29, 0.717) is 18.3 Å². The van der Waals surface area contributed by atoms with E-state index >= 15 is 0 Å². The maximum Gasteiger partial charge on any atom is 0.270 e. The van der Waals surface area contributed by atoms with Gasteiger partial charge in [-0.3, -0.25) is 9.78 Å². The summed E-state index contributed by atoms with van der Waals surface area (Å²) < 4.78 is 2.34. The summed E-state index contributed by atoms with van der Waals surface area (Å²) in [5, 5.41) is 4.91. The van der Waals surface area contributed by atoms with Crippen LogP contribution in [-0.2, 0) is 6.42 Å². The molecule has 0 unspecified atom stereocenters. The number of aryl methyl sites for hydroxylation is 1. The Kier molecular flexibility index (Phi) is 4.22. The standard InChI is InChI=1S/C20H22N4O/c1-14-13-23-18(24(14)16-6-4-7-16)10-12-22-20(25)19-17-8-3-2-5-15(17)9-11-21-19/h2-3,5,8-9,11,13,16H,4,6-7,10,12H2,1H3,(H,22,25). The first-order valence-electron chi connectivity index (χ1n) is 8.88. The molecule has 128 valence electrons. The quantitative estimate of drug-likeness (QED) is 0.777. The fourth-order valence-electron chi connectivity index (χ4n) is 3.50. The number of nitrogens with zero attached hydrogens (tertiary/aromatic N) is 3. The first-order valence-corrected chi connectivity index (χ1v) is 8.88. The molecule has 5 nitrogen and oxygen atoms in total. The van der Waals surface area contributed by atoms with Gasteiger partial charge >= 0.3 is 0 Å². The van der Waals surface area contributed by atoms with Gasteiger partial charge < -0.3 is 9.88 Å². The van der Waals surface area contributed by atoms with E-state index in [-0.39, 0.29) is 5.91 Å². The number of hydrogen-bond acceptors (Lipinski definition) is 3. The van der Waals surface area contributed by atoms with Gasteiger partial charge in [-0.15, -0.1) is 0 Å². The molecular formula is C20H22N4O. The van der Waals surface area contributed by atoms with E-state index in [2.05, 4.69) is 26.8 Å². The van der Waals surface area contributed by atoms with Crippen LogP contribution in [0.1, 0.15) is 47.3 Å². The summed E-state index contributed by atoms with van der Waals surface area (Å²) in [6, 6.07) is 10.3. The fraction of sp³-hybridized carbons (Fsp3) is 0.350. The molecule has 0 bridgehead atoms. The number of hydrogen-bond donors (Lipinski definition) is 1. The van der Waals surface area contributed by atoms with E-state index in [4.69, 9.17) is 0 Å². The van der Waals surface area contributed by atoms with Crippen LogP contribution in [0.3, 0.4) is 0 Å². The minimum absolute atomic E-state index is 0.129. The zero-order chi connectivity index (χ0) is 17.2. The topological polar surface area (TPSA) is 59.8 Å². The van der Waals surface area contributed by atoms with Crippen LogP contribution in [0.4, 0.5) is 0 Å². The Morgan fingerprint density at radius 3 is 2.88 bits per heavy atom. The number of amides is 1. The molecule has 2 heterocycles. The predicted molar refractivity (Wildman–Crippen MR) is 97.6 cm³/mol. The first-order chi connectivity index (χ1) is 12.2. The summed E-state index contributed by atoms with van der Waals surface area (Å²) in [6.07, 6.45) is 8.12. The Morgan fingerprint density at radius 1 is 1.24 bits per heavy atom. The first kappa shape index (κ1) is 15.8. The second-order valence-corrected chi connectivity index (χ2v) is 6.66. The zero-order valence-corrected chi connectivity index (χ0v) is 14.4. The molecule has 3 aromatic rings. The number of imidazole rings is 1. The molecule has 0 spiro atoms. The van der Waals surface area contributed by atoms with E-state index in [9.17, 15) is 4.79 Å². The lowest BCUT2D eigenvalue weighted by Crippen LogP contribution is -2.28. The largest absolute Gasteiger partial charge is 0.350 e. The molecule has 1 aliphatic rings. The lowest BCUT2D eigenvalue weighted by atomic mass is 9.92. The molecule has 1 saturated carbocycles. The highest BCUT2D eigenvalue weighted by Crippen LogP contribution is 2.33. The van der Waals surface area contributed by atoms with Crippen molar-refractivity contribution in [3.05, 3.63) is 59.9 Å². The van der Waals surface area contributed by atoms with Crippen molar-refractivity contribution in [1.29, 1.82) is 0 Å². The molecule has 1 aliphatic carbocycles. The van der Waals surface area contributed by atoms with Gasteiger partial charge in [-0.1, -0.05) is 24.3 Å². The van der Waals surface area contributed by atoms with E-state index in [0.717, 1.165) is 23.0 Å². The molecule has 0 atom stereocenters. The van der Waals surface area contributed by atoms with Crippen LogP contribution >= 0.6 is 0 Å². The monoisotopic (exact) mass is 334 g/mol. The molecule has 25 heavy (non-hydrogen) atoms. The Hall–Kier alpha value is -2.69. The molecule has 4 rings (SSSR count). The second-order valence-electron chi connectivity index (χ2n) is 6.66.